The van der Waals surface area contributed by atoms with E-state index in [0.29, 0.717) is 12.1 Å². The van der Waals surface area contributed by atoms with E-state index in [1.54, 1.807) is 26.0 Å². The molecule has 1 N–H and O–H groups in total. The van der Waals surface area contributed by atoms with Crippen LogP contribution < -0.4 is 4.74 Å². The van der Waals surface area contributed by atoms with Crippen LogP contribution in [0, 0.1) is 16.7 Å². The Bertz CT molecular complexity index is 617. The van der Waals surface area contributed by atoms with Gasteiger partial charge in [0.05, 0.1) is 21.5 Å². The highest BCUT2D eigenvalue weighted by atomic mass is 79.9. The summed E-state index contributed by atoms with van der Waals surface area (Å²) in [7, 11) is 0. The first-order valence-electron chi connectivity index (χ1n) is 7.64. The summed E-state index contributed by atoms with van der Waals surface area (Å²) in [5.41, 5.74) is -0.140. The van der Waals surface area contributed by atoms with E-state index in [1.807, 2.05) is 6.07 Å². The Labute approximate surface area is 145 Å². The Morgan fingerprint density at radius 2 is 2.13 bits per heavy atom. The number of hydrogen-bond donors (Lipinski definition) is 1. The van der Waals surface area contributed by atoms with Gasteiger partial charge in [0, 0.05) is 19.6 Å². The largest absolute Gasteiger partial charge is 0.489 e. The summed E-state index contributed by atoms with van der Waals surface area (Å²) in [6.07, 6.45) is 1.84. The molecule has 6 heteroatoms. The van der Waals surface area contributed by atoms with Gasteiger partial charge in [0.2, 0.25) is 0 Å². The lowest BCUT2D eigenvalue weighted by Crippen LogP contribution is -2.45. The van der Waals surface area contributed by atoms with Crippen molar-refractivity contribution >= 4 is 21.9 Å². The highest BCUT2D eigenvalue weighted by Crippen LogP contribution is 2.29. The van der Waals surface area contributed by atoms with Crippen molar-refractivity contribution in [3.05, 3.63) is 28.2 Å². The summed E-state index contributed by atoms with van der Waals surface area (Å²) in [6, 6.07) is 7.39. The van der Waals surface area contributed by atoms with E-state index in [1.165, 1.54) is 0 Å². The number of benzene rings is 1. The Morgan fingerprint density at radius 3 is 2.65 bits per heavy atom. The summed E-state index contributed by atoms with van der Waals surface area (Å²) in [6.45, 7) is 5.72. The van der Waals surface area contributed by atoms with E-state index in [9.17, 15) is 9.90 Å². The van der Waals surface area contributed by atoms with Gasteiger partial charge in [-0.25, -0.2) is 0 Å². The molecule has 0 bridgehead atoms. The van der Waals surface area contributed by atoms with Crippen LogP contribution in [0.4, 0.5) is 0 Å². The number of aliphatic carboxylic acids is 1. The maximum Gasteiger partial charge on any atom is 0.310 e. The number of carboxylic acid groups (broad SMARTS) is 1. The number of nitrogens with zero attached hydrogens (tertiary/aromatic N) is 2. The van der Waals surface area contributed by atoms with Crippen LogP contribution in [-0.4, -0.2) is 41.7 Å². The van der Waals surface area contributed by atoms with Gasteiger partial charge >= 0.3 is 5.97 Å². The van der Waals surface area contributed by atoms with E-state index in [0.717, 1.165) is 36.2 Å². The number of carboxylic acids is 1. The van der Waals surface area contributed by atoms with Crippen LogP contribution in [0.5, 0.6) is 5.75 Å². The first-order chi connectivity index (χ1) is 10.8. The van der Waals surface area contributed by atoms with Crippen LogP contribution in [0.25, 0.3) is 0 Å². The SMILES string of the molecule is CC(C)(CN1CCC(Oc2ccc(C#N)cc2Br)CC1)C(=O)O. The van der Waals surface area contributed by atoms with Gasteiger partial charge in [-0.1, -0.05) is 0 Å². The fourth-order valence-corrected chi connectivity index (χ4v) is 3.13. The molecular weight excluding hydrogens is 360 g/mol. The Balaban J connectivity index is 1.88. The van der Waals surface area contributed by atoms with Gasteiger partial charge in [-0.2, -0.15) is 5.26 Å². The predicted molar refractivity (Wildman–Crippen MR) is 90.4 cm³/mol. The average Bonchev–Trinajstić information content (AvgIpc) is 2.50. The molecule has 5 nitrogen and oxygen atoms in total. The fourth-order valence-electron chi connectivity index (χ4n) is 2.66. The molecule has 0 saturated carbocycles. The summed E-state index contributed by atoms with van der Waals surface area (Å²) in [5.74, 6) is -0.0225. The molecule has 1 aromatic rings. The lowest BCUT2D eigenvalue weighted by molar-refractivity contribution is -0.148. The molecule has 0 atom stereocenters. The maximum absolute atomic E-state index is 11.2. The Morgan fingerprint density at radius 1 is 1.48 bits per heavy atom. The van der Waals surface area contributed by atoms with Gasteiger partial charge in [0.15, 0.2) is 0 Å². The summed E-state index contributed by atoms with van der Waals surface area (Å²) in [5, 5.41) is 18.1. The monoisotopic (exact) mass is 380 g/mol. The van der Waals surface area contributed by atoms with Crippen LogP contribution in [0.3, 0.4) is 0 Å². The van der Waals surface area contributed by atoms with Crippen molar-refractivity contribution < 1.29 is 14.6 Å². The van der Waals surface area contributed by atoms with Crippen molar-refractivity contribution in [2.24, 2.45) is 5.41 Å². The number of ether oxygens (including phenoxy) is 1. The Kier molecular flexibility index (Phi) is 5.66. The average molecular weight is 381 g/mol. The maximum atomic E-state index is 11.2. The van der Waals surface area contributed by atoms with Crippen molar-refractivity contribution in [3.8, 4) is 11.8 Å². The lowest BCUT2D eigenvalue weighted by atomic mass is 9.92. The van der Waals surface area contributed by atoms with E-state index in [-0.39, 0.29) is 6.10 Å². The third kappa shape index (κ3) is 4.69. The number of nitriles is 1. The number of hydrogen-bond acceptors (Lipinski definition) is 4. The molecule has 0 aliphatic carbocycles. The third-order valence-electron chi connectivity index (χ3n) is 4.09. The molecule has 2 rings (SSSR count). The van der Waals surface area contributed by atoms with Crippen molar-refractivity contribution in [2.45, 2.75) is 32.8 Å². The minimum Gasteiger partial charge on any atom is -0.489 e. The molecule has 0 amide bonds. The number of piperidine rings is 1. The fraction of sp³-hybridized carbons (Fsp3) is 0.529. The van der Waals surface area contributed by atoms with Crippen molar-refractivity contribution in [1.29, 1.82) is 5.26 Å². The van der Waals surface area contributed by atoms with E-state index >= 15 is 0 Å². The zero-order valence-electron chi connectivity index (χ0n) is 13.4. The molecule has 1 aliphatic heterocycles. The van der Waals surface area contributed by atoms with E-state index < -0.39 is 11.4 Å². The highest BCUT2D eigenvalue weighted by Gasteiger charge is 2.31. The van der Waals surface area contributed by atoms with Crippen LogP contribution in [0.2, 0.25) is 0 Å². The highest BCUT2D eigenvalue weighted by molar-refractivity contribution is 9.10. The summed E-state index contributed by atoms with van der Waals surface area (Å²) >= 11 is 3.43. The second kappa shape index (κ2) is 7.33. The smallest absolute Gasteiger partial charge is 0.310 e. The van der Waals surface area contributed by atoms with Crippen molar-refractivity contribution in [2.75, 3.05) is 19.6 Å². The van der Waals surface area contributed by atoms with Gasteiger partial charge < -0.3 is 14.7 Å². The quantitative estimate of drug-likeness (QED) is 0.848. The molecule has 1 fully saturated rings. The zero-order chi connectivity index (χ0) is 17.0. The number of halogens is 1. The van der Waals surface area contributed by atoms with E-state index in [2.05, 4.69) is 26.9 Å². The standard InChI is InChI=1S/C17H21BrN2O3/c1-17(2,16(21)22)11-20-7-5-13(6-8-20)23-15-4-3-12(10-19)9-14(15)18/h3-4,9,13H,5-8,11H2,1-2H3,(H,21,22). The molecular formula is C17H21BrN2O3. The molecule has 1 aliphatic rings. The van der Waals surface area contributed by atoms with Gasteiger partial charge in [0.1, 0.15) is 11.9 Å². The molecule has 0 unspecified atom stereocenters. The molecule has 1 heterocycles. The molecule has 0 radical (unpaired) electrons. The normalized spacial score (nSPS) is 16.8. The zero-order valence-corrected chi connectivity index (χ0v) is 15.0. The van der Waals surface area contributed by atoms with Crippen molar-refractivity contribution in [1.82, 2.24) is 4.90 Å². The second-order valence-electron chi connectivity index (χ2n) is 6.54. The number of carbonyl (C=O) groups is 1. The van der Waals surface area contributed by atoms with Crippen molar-refractivity contribution in [3.63, 3.8) is 0 Å². The van der Waals surface area contributed by atoms with E-state index in [4.69, 9.17) is 10.00 Å². The van der Waals surface area contributed by atoms with Crippen LogP contribution in [0.15, 0.2) is 22.7 Å². The topological polar surface area (TPSA) is 73.6 Å². The summed E-state index contributed by atoms with van der Waals surface area (Å²) in [4.78, 5) is 13.4. The molecule has 0 spiro atoms. The van der Waals surface area contributed by atoms with Crippen LogP contribution in [-0.2, 0) is 4.79 Å². The van der Waals surface area contributed by atoms with Crippen LogP contribution >= 0.6 is 15.9 Å². The third-order valence-corrected chi connectivity index (χ3v) is 4.71. The minimum atomic E-state index is -0.766. The molecule has 1 saturated heterocycles. The molecule has 124 valence electrons. The molecule has 0 aromatic heterocycles. The Hall–Kier alpha value is -1.58. The first kappa shape index (κ1) is 17.8. The molecule has 1 aromatic carbocycles. The first-order valence-corrected chi connectivity index (χ1v) is 8.43. The second-order valence-corrected chi connectivity index (χ2v) is 7.39. The summed E-state index contributed by atoms with van der Waals surface area (Å²) < 4.78 is 6.80. The van der Waals surface area contributed by atoms with Gasteiger partial charge in [-0.05, 0) is 60.8 Å². The number of rotatable bonds is 5. The molecule has 23 heavy (non-hydrogen) atoms. The van der Waals surface area contributed by atoms with Crippen LogP contribution in [0.1, 0.15) is 32.3 Å². The lowest BCUT2D eigenvalue weighted by Gasteiger charge is -2.35. The van der Waals surface area contributed by atoms with Gasteiger partial charge in [-0.3, -0.25) is 4.79 Å². The minimum absolute atomic E-state index is 0.114. The number of likely N-dealkylation sites (tertiary alicyclic amines) is 1. The van der Waals surface area contributed by atoms with Gasteiger partial charge in [-0.15, -0.1) is 0 Å². The predicted octanol–water partition coefficient (Wildman–Crippen LogP) is 3.27. The van der Waals surface area contributed by atoms with Gasteiger partial charge in [0.25, 0.3) is 0 Å².